The fourth-order valence-electron chi connectivity index (χ4n) is 2.77. The number of nitrogens with zero attached hydrogens (tertiary/aromatic N) is 5. The lowest BCUT2D eigenvalue weighted by Gasteiger charge is -2.01. The van der Waals surface area contributed by atoms with E-state index in [1.807, 2.05) is 53.3 Å². The first-order valence-electron chi connectivity index (χ1n) is 7.57. The summed E-state index contributed by atoms with van der Waals surface area (Å²) in [6, 6.07) is 13.9. The van der Waals surface area contributed by atoms with E-state index in [9.17, 15) is 0 Å². The molecule has 114 valence electrons. The molecule has 3 aromatic heterocycles. The average Bonchev–Trinajstić information content (AvgIpc) is 3.30. The highest BCUT2D eigenvalue weighted by Crippen LogP contribution is 2.21. The maximum Gasteiger partial charge on any atom is 0.0924 e. The molecule has 0 saturated heterocycles. The molecule has 6 heteroatoms. The van der Waals surface area contributed by atoms with Crippen LogP contribution < -0.4 is 0 Å². The molecule has 0 spiro atoms. The maximum atomic E-state index is 4.66. The standard InChI is InChI=1S/C18H12N6/c1-2-4-17-16(3-1)19-10-18(22-17)13-9-21-24(11-13)14-5-6-15-12(7-14)8-20-23-15/h1-11H,(H,20,23). The number of aromatic nitrogens is 6. The van der Waals surface area contributed by atoms with Crippen LogP contribution in [0.3, 0.4) is 0 Å². The molecule has 5 aromatic rings. The summed E-state index contributed by atoms with van der Waals surface area (Å²) in [5.41, 5.74) is 5.49. The molecule has 0 saturated carbocycles. The van der Waals surface area contributed by atoms with Crippen LogP contribution >= 0.6 is 0 Å². The lowest BCUT2D eigenvalue weighted by Crippen LogP contribution is -1.93. The number of benzene rings is 2. The van der Waals surface area contributed by atoms with E-state index in [0.29, 0.717) is 0 Å². The lowest BCUT2D eigenvalue weighted by molar-refractivity contribution is 0.882. The fourth-order valence-corrected chi connectivity index (χ4v) is 2.77. The predicted octanol–water partition coefficient (Wildman–Crippen LogP) is 3.36. The number of aromatic amines is 1. The van der Waals surface area contributed by atoms with Gasteiger partial charge in [0.2, 0.25) is 0 Å². The molecule has 5 rings (SSSR count). The van der Waals surface area contributed by atoms with Crippen molar-refractivity contribution in [3.8, 4) is 16.9 Å². The first kappa shape index (κ1) is 13.0. The van der Waals surface area contributed by atoms with Crippen molar-refractivity contribution in [3.63, 3.8) is 0 Å². The van der Waals surface area contributed by atoms with Crippen LogP contribution in [0.25, 0.3) is 38.9 Å². The van der Waals surface area contributed by atoms with Gasteiger partial charge >= 0.3 is 0 Å². The van der Waals surface area contributed by atoms with Crippen LogP contribution in [0, 0.1) is 0 Å². The van der Waals surface area contributed by atoms with Gasteiger partial charge in [-0.1, -0.05) is 12.1 Å². The van der Waals surface area contributed by atoms with Crippen molar-refractivity contribution in [2.24, 2.45) is 0 Å². The third kappa shape index (κ3) is 2.04. The van der Waals surface area contributed by atoms with Crippen molar-refractivity contribution in [3.05, 3.63) is 67.3 Å². The SMILES string of the molecule is c1ccc2nc(-c3cnn(-c4ccc5[nH]ncc5c4)c3)cnc2c1. The molecule has 0 amide bonds. The van der Waals surface area contributed by atoms with Gasteiger partial charge < -0.3 is 0 Å². The second-order valence-corrected chi connectivity index (χ2v) is 5.56. The van der Waals surface area contributed by atoms with E-state index in [1.165, 1.54) is 0 Å². The summed E-state index contributed by atoms with van der Waals surface area (Å²) in [7, 11) is 0. The number of fused-ring (bicyclic) bond motifs is 2. The molecule has 1 N–H and O–H groups in total. The second-order valence-electron chi connectivity index (χ2n) is 5.56. The molecule has 0 atom stereocenters. The number of rotatable bonds is 2. The van der Waals surface area contributed by atoms with Gasteiger partial charge in [0, 0.05) is 17.1 Å². The molecule has 6 nitrogen and oxygen atoms in total. The molecule has 0 unspecified atom stereocenters. The van der Waals surface area contributed by atoms with Gasteiger partial charge in [0.15, 0.2) is 0 Å². The van der Waals surface area contributed by atoms with E-state index >= 15 is 0 Å². The molecule has 24 heavy (non-hydrogen) atoms. The van der Waals surface area contributed by atoms with E-state index < -0.39 is 0 Å². The molecule has 0 aliphatic rings. The van der Waals surface area contributed by atoms with Crippen LogP contribution in [-0.2, 0) is 0 Å². The van der Waals surface area contributed by atoms with E-state index in [2.05, 4.69) is 25.3 Å². The Morgan fingerprint density at radius 2 is 1.83 bits per heavy atom. The third-order valence-electron chi connectivity index (χ3n) is 4.02. The number of hydrogen-bond donors (Lipinski definition) is 1. The van der Waals surface area contributed by atoms with Gasteiger partial charge in [-0.25, -0.2) is 9.67 Å². The Balaban J connectivity index is 1.57. The summed E-state index contributed by atoms with van der Waals surface area (Å²) in [6.45, 7) is 0. The first-order chi connectivity index (χ1) is 11.9. The molecule has 0 aliphatic heterocycles. The molecular formula is C18H12N6. The largest absolute Gasteiger partial charge is 0.278 e. The minimum Gasteiger partial charge on any atom is -0.278 e. The Labute approximate surface area is 136 Å². The molecule has 0 radical (unpaired) electrons. The molecule has 3 heterocycles. The maximum absolute atomic E-state index is 4.66. The van der Waals surface area contributed by atoms with E-state index in [-0.39, 0.29) is 0 Å². The lowest BCUT2D eigenvalue weighted by atomic mass is 10.2. The van der Waals surface area contributed by atoms with Crippen LogP contribution in [0.5, 0.6) is 0 Å². The second kappa shape index (κ2) is 4.99. The average molecular weight is 312 g/mol. The molecule has 0 aliphatic carbocycles. The van der Waals surface area contributed by atoms with Crippen LogP contribution in [0.4, 0.5) is 0 Å². The van der Waals surface area contributed by atoms with Gasteiger partial charge in [0.25, 0.3) is 0 Å². The Hall–Kier alpha value is -3.54. The molecule has 0 bridgehead atoms. The number of H-pyrrole nitrogens is 1. The van der Waals surface area contributed by atoms with Crippen LogP contribution in [0.1, 0.15) is 0 Å². The summed E-state index contributed by atoms with van der Waals surface area (Å²) >= 11 is 0. The van der Waals surface area contributed by atoms with Crippen molar-refractivity contribution in [2.45, 2.75) is 0 Å². The third-order valence-corrected chi connectivity index (χ3v) is 4.02. The Morgan fingerprint density at radius 3 is 2.79 bits per heavy atom. The highest BCUT2D eigenvalue weighted by atomic mass is 15.3. The molecule has 2 aromatic carbocycles. The van der Waals surface area contributed by atoms with Crippen molar-refractivity contribution >= 4 is 21.9 Å². The van der Waals surface area contributed by atoms with Gasteiger partial charge in [-0.05, 0) is 30.3 Å². The van der Waals surface area contributed by atoms with E-state index in [0.717, 1.165) is 38.9 Å². The summed E-state index contributed by atoms with van der Waals surface area (Å²) in [6.07, 6.45) is 7.35. The van der Waals surface area contributed by atoms with Gasteiger partial charge in [0.1, 0.15) is 0 Å². The number of para-hydroxylation sites is 2. The van der Waals surface area contributed by atoms with Crippen LogP contribution in [0.15, 0.2) is 67.3 Å². The Morgan fingerprint density at radius 1 is 0.917 bits per heavy atom. The zero-order valence-electron chi connectivity index (χ0n) is 12.6. The van der Waals surface area contributed by atoms with Crippen molar-refractivity contribution < 1.29 is 0 Å². The topological polar surface area (TPSA) is 72.3 Å². The Kier molecular flexibility index (Phi) is 2.69. The minimum atomic E-state index is 0.810. The zero-order valence-corrected chi connectivity index (χ0v) is 12.6. The molecule has 0 fully saturated rings. The van der Waals surface area contributed by atoms with Crippen molar-refractivity contribution in [1.82, 2.24) is 29.9 Å². The van der Waals surface area contributed by atoms with Gasteiger partial charge in [-0.15, -0.1) is 0 Å². The summed E-state index contributed by atoms with van der Waals surface area (Å²) < 4.78 is 1.83. The first-order valence-corrected chi connectivity index (χ1v) is 7.57. The summed E-state index contributed by atoms with van der Waals surface area (Å²) in [4.78, 5) is 9.12. The molecular weight excluding hydrogens is 300 g/mol. The predicted molar refractivity (Wildman–Crippen MR) is 91.7 cm³/mol. The van der Waals surface area contributed by atoms with Crippen molar-refractivity contribution in [2.75, 3.05) is 0 Å². The Bertz CT molecular complexity index is 1170. The number of nitrogens with one attached hydrogen (secondary N) is 1. The fraction of sp³-hybridized carbons (Fsp3) is 0. The minimum absolute atomic E-state index is 0.810. The highest BCUT2D eigenvalue weighted by molar-refractivity contribution is 5.80. The quantitative estimate of drug-likeness (QED) is 0.542. The van der Waals surface area contributed by atoms with Crippen molar-refractivity contribution in [1.29, 1.82) is 0 Å². The van der Waals surface area contributed by atoms with Gasteiger partial charge in [-0.3, -0.25) is 10.1 Å². The summed E-state index contributed by atoms with van der Waals surface area (Å²) in [5.74, 6) is 0. The van der Waals surface area contributed by atoms with Crippen LogP contribution in [0.2, 0.25) is 0 Å². The van der Waals surface area contributed by atoms with E-state index in [1.54, 1.807) is 18.6 Å². The highest BCUT2D eigenvalue weighted by Gasteiger charge is 2.07. The zero-order chi connectivity index (χ0) is 15.9. The summed E-state index contributed by atoms with van der Waals surface area (Å²) in [5, 5.41) is 12.5. The number of hydrogen-bond acceptors (Lipinski definition) is 4. The smallest absolute Gasteiger partial charge is 0.0924 e. The normalized spacial score (nSPS) is 11.3. The van der Waals surface area contributed by atoms with Gasteiger partial charge in [0.05, 0.1) is 46.5 Å². The monoisotopic (exact) mass is 312 g/mol. The van der Waals surface area contributed by atoms with Gasteiger partial charge in [-0.2, -0.15) is 10.2 Å². The van der Waals surface area contributed by atoms with Crippen LogP contribution in [-0.4, -0.2) is 29.9 Å². The van der Waals surface area contributed by atoms with E-state index in [4.69, 9.17) is 0 Å².